The van der Waals surface area contributed by atoms with Gasteiger partial charge in [-0.2, -0.15) is 5.10 Å². The lowest BCUT2D eigenvalue weighted by atomic mass is 10.00. The van der Waals surface area contributed by atoms with E-state index in [1.54, 1.807) is 37.1 Å². The van der Waals surface area contributed by atoms with Crippen molar-refractivity contribution in [1.29, 1.82) is 0 Å². The third-order valence-corrected chi connectivity index (χ3v) is 3.17. The Morgan fingerprint density at radius 3 is 2.95 bits per heavy atom. The van der Waals surface area contributed by atoms with Crippen molar-refractivity contribution < 1.29 is 14.3 Å². The number of hydrogen-bond acceptors (Lipinski definition) is 4. The number of carbonyl (C=O) groups is 1. The summed E-state index contributed by atoms with van der Waals surface area (Å²) in [4.78, 5) is 11.8. The fourth-order valence-electron chi connectivity index (χ4n) is 1.58. The van der Waals surface area contributed by atoms with Crippen LogP contribution in [0.25, 0.3) is 0 Å². The van der Waals surface area contributed by atoms with Crippen molar-refractivity contribution in [2.75, 3.05) is 6.54 Å². The van der Waals surface area contributed by atoms with Gasteiger partial charge in [0.05, 0.1) is 18.3 Å². The Bertz CT molecular complexity index is 589. The third kappa shape index (κ3) is 3.24. The van der Waals surface area contributed by atoms with E-state index in [0.717, 1.165) is 0 Å². The second-order valence-electron chi connectivity index (χ2n) is 4.50. The maximum atomic E-state index is 11.8. The molecule has 0 aliphatic rings. The van der Waals surface area contributed by atoms with Crippen LogP contribution in [0.2, 0.25) is 0 Å². The second-order valence-corrected chi connectivity index (χ2v) is 5.28. The predicted molar refractivity (Wildman–Crippen MR) is 71.5 cm³/mol. The molecule has 0 aromatic carbocycles. The quantitative estimate of drug-likeness (QED) is 0.889. The van der Waals surface area contributed by atoms with Gasteiger partial charge < -0.3 is 14.8 Å². The molecule has 102 valence electrons. The summed E-state index contributed by atoms with van der Waals surface area (Å²) in [7, 11) is 1.77. The SMILES string of the molecule is Cn1cc(C(C)(O)CNC(=O)c2coc(Br)c2)cn1. The molecule has 0 spiro atoms. The zero-order chi connectivity index (χ0) is 14.0. The lowest BCUT2D eigenvalue weighted by molar-refractivity contribution is 0.0525. The molecule has 0 aliphatic heterocycles. The van der Waals surface area contributed by atoms with Gasteiger partial charge in [0, 0.05) is 24.9 Å². The molecule has 1 atom stereocenters. The lowest BCUT2D eigenvalue weighted by Gasteiger charge is -2.22. The molecule has 1 unspecified atom stereocenters. The molecule has 2 aromatic heterocycles. The van der Waals surface area contributed by atoms with E-state index in [4.69, 9.17) is 4.42 Å². The molecule has 0 radical (unpaired) electrons. The monoisotopic (exact) mass is 327 g/mol. The molecule has 2 aromatic rings. The highest BCUT2D eigenvalue weighted by molar-refractivity contribution is 9.10. The van der Waals surface area contributed by atoms with E-state index in [1.165, 1.54) is 6.26 Å². The number of halogens is 1. The van der Waals surface area contributed by atoms with Crippen LogP contribution < -0.4 is 5.32 Å². The Morgan fingerprint density at radius 1 is 1.68 bits per heavy atom. The number of furan rings is 1. The highest BCUT2D eigenvalue weighted by Gasteiger charge is 2.25. The van der Waals surface area contributed by atoms with Crippen LogP contribution in [-0.2, 0) is 12.6 Å². The summed E-state index contributed by atoms with van der Waals surface area (Å²) in [5, 5.41) is 16.9. The molecular formula is C12H14BrN3O3. The van der Waals surface area contributed by atoms with Gasteiger partial charge in [0.2, 0.25) is 0 Å². The molecule has 1 amide bonds. The van der Waals surface area contributed by atoms with Crippen LogP contribution in [0, 0.1) is 0 Å². The summed E-state index contributed by atoms with van der Waals surface area (Å²) >= 11 is 3.12. The lowest BCUT2D eigenvalue weighted by Crippen LogP contribution is -2.38. The molecular weight excluding hydrogens is 314 g/mol. The topological polar surface area (TPSA) is 80.3 Å². The first-order valence-corrected chi connectivity index (χ1v) is 6.41. The van der Waals surface area contributed by atoms with Gasteiger partial charge in [-0.05, 0) is 22.9 Å². The molecule has 2 N–H and O–H groups in total. The number of aliphatic hydroxyl groups is 1. The maximum Gasteiger partial charge on any atom is 0.254 e. The fourth-order valence-corrected chi connectivity index (χ4v) is 1.93. The molecule has 6 nitrogen and oxygen atoms in total. The van der Waals surface area contributed by atoms with Crippen LogP contribution in [0.1, 0.15) is 22.8 Å². The smallest absolute Gasteiger partial charge is 0.254 e. The summed E-state index contributed by atoms with van der Waals surface area (Å²) in [6.07, 6.45) is 4.62. The number of nitrogens with zero attached hydrogens (tertiary/aromatic N) is 2. The minimum Gasteiger partial charge on any atom is -0.457 e. The fraction of sp³-hybridized carbons (Fsp3) is 0.333. The number of carbonyl (C=O) groups excluding carboxylic acids is 1. The van der Waals surface area contributed by atoms with E-state index in [-0.39, 0.29) is 12.5 Å². The van der Waals surface area contributed by atoms with Crippen molar-refractivity contribution >= 4 is 21.8 Å². The minimum atomic E-state index is -1.18. The number of amides is 1. The van der Waals surface area contributed by atoms with Crippen LogP contribution >= 0.6 is 15.9 Å². The summed E-state index contributed by atoms with van der Waals surface area (Å²) in [6, 6.07) is 1.56. The van der Waals surface area contributed by atoms with E-state index in [9.17, 15) is 9.90 Å². The first kappa shape index (κ1) is 13.8. The highest BCUT2D eigenvalue weighted by atomic mass is 79.9. The van der Waals surface area contributed by atoms with Gasteiger partial charge in [0.25, 0.3) is 5.91 Å². The third-order valence-electron chi connectivity index (χ3n) is 2.75. The van der Waals surface area contributed by atoms with Gasteiger partial charge in [0.1, 0.15) is 11.9 Å². The molecule has 0 fully saturated rings. The van der Waals surface area contributed by atoms with Crippen LogP contribution in [0.4, 0.5) is 0 Å². The van der Waals surface area contributed by atoms with Gasteiger partial charge in [-0.3, -0.25) is 9.48 Å². The average molecular weight is 328 g/mol. The summed E-state index contributed by atoms with van der Waals surface area (Å²) < 4.78 is 7.06. The zero-order valence-electron chi connectivity index (χ0n) is 10.6. The van der Waals surface area contributed by atoms with Crippen molar-refractivity contribution in [3.05, 3.63) is 40.5 Å². The number of aromatic nitrogens is 2. The van der Waals surface area contributed by atoms with Crippen molar-refractivity contribution in [3.8, 4) is 0 Å². The molecule has 0 saturated carbocycles. The minimum absolute atomic E-state index is 0.0837. The maximum absolute atomic E-state index is 11.8. The predicted octanol–water partition coefficient (Wildman–Crippen LogP) is 1.41. The van der Waals surface area contributed by atoms with Crippen LogP contribution in [0.15, 0.2) is 33.8 Å². The van der Waals surface area contributed by atoms with Gasteiger partial charge in [-0.1, -0.05) is 0 Å². The van der Waals surface area contributed by atoms with E-state index in [0.29, 0.717) is 15.8 Å². The van der Waals surface area contributed by atoms with Gasteiger partial charge in [0.15, 0.2) is 4.67 Å². The Labute approximate surface area is 118 Å². The molecule has 0 bridgehead atoms. The standard InChI is InChI=1S/C12H14BrN3O3/c1-12(18,9-4-15-16(2)5-9)7-14-11(17)8-3-10(13)19-6-8/h3-6,18H,7H2,1-2H3,(H,14,17). The Balaban J connectivity index is 2.00. The molecule has 7 heteroatoms. The second kappa shape index (κ2) is 5.18. The normalized spacial score (nSPS) is 14.1. The summed E-state index contributed by atoms with van der Waals surface area (Å²) in [5.74, 6) is -0.307. The van der Waals surface area contributed by atoms with Crippen molar-refractivity contribution in [3.63, 3.8) is 0 Å². The molecule has 19 heavy (non-hydrogen) atoms. The number of hydrogen-bond donors (Lipinski definition) is 2. The largest absolute Gasteiger partial charge is 0.457 e. The number of rotatable bonds is 4. The molecule has 0 aliphatic carbocycles. The van der Waals surface area contributed by atoms with Crippen molar-refractivity contribution in [2.45, 2.75) is 12.5 Å². The van der Waals surface area contributed by atoms with Crippen LogP contribution in [0.5, 0.6) is 0 Å². The van der Waals surface area contributed by atoms with E-state index >= 15 is 0 Å². The Morgan fingerprint density at radius 2 is 2.42 bits per heavy atom. The Hall–Kier alpha value is -1.60. The molecule has 0 saturated heterocycles. The molecule has 2 rings (SSSR count). The van der Waals surface area contributed by atoms with E-state index in [2.05, 4.69) is 26.3 Å². The van der Waals surface area contributed by atoms with E-state index < -0.39 is 5.60 Å². The van der Waals surface area contributed by atoms with Crippen molar-refractivity contribution in [2.24, 2.45) is 7.05 Å². The highest BCUT2D eigenvalue weighted by Crippen LogP contribution is 2.19. The van der Waals surface area contributed by atoms with Crippen LogP contribution in [-0.4, -0.2) is 27.3 Å². The van der Waals surface area contributed by atoms with Crippen LogP contribution in [0.3, 0.4) is 0 Å². The first-order chi connectivity index (χ1) is 8.88. The van der Waals surface area contributed by atoms with Gasteiger partial charge >= 0.3 is 0 Å². The van der Waals surface area contributed by atoms with Gasteiger partial charge in [-0.25, -0.2) is 0 Å². The number of nitrogens with one attached hydrogen (secondary N) is 1. The summed E-state index contributed by atoms with van der Waals surface area (Å²) in [5.41, 5.74) is -0.136. The summed E-state index contributed by atoms with van der Waals surface area (Å²) in [6.45, 7) is 1.70. The molecule has 2 heterocycles. The Kier molecular flexibility index (Phi) is 3.77. The first-order valence-electron chi connectivity index (χ1n) is 5.62. The number of aryl methyl sites for hydroxylation is 1. The zero-order valence-corrected chi connectivity index (χ0v) is 12.1. The van der Waals surface area contributed by atoms with E-state index in [1.807, 2.05) is 0 Å². The average Bonchev–Trinajstić information content (AvgIpc) is 2.95. The van der Waals surface area contributed by atoms with Crippen molar-refractivity contribution in [1.82, 2.24) is 15.1 Å². The van der Waals surface area contributed by atoms with Gasteiger partial charge in [-0.15, -0.1) is 0 Å².